The van der Waals surface area contributed by atoms with Crippen LogP contribution in [0.1, 0.15) is 64.9 Å². The molecule has 1 aromatic rings. The van der Waals surface area contributed by atoms with Gasteiger partial charge >= 0.3 is 0 Å². The Balaban J connectivity index is 0.00000272. The van der Waals surface area contributed by atoms with E-state index in [1.54, 1.807) is 12.6 Å². The van der Waals surface area contributed by atoms with Gasteiger partial charge in [0, 0.05) is 51.4 Å². The molecule has 1 aromatic carbocycles. The number of anilines is 1. The standard InChI is InChI=1S/C26H41N3O.ClH/c1-25(2)15-20(16-26(3,4)18-25)21-8-6-7-9-23(21)29-12-10-28(11-13-29)17-19-14-22(19)24(30)27-5;/h6-9,19-20,22H,10-18H2,1-5H3,(H,27,30);1H. The Morgan fingerprint density at radius 3 is 2.26 bits per heavy atom. The van der Waals surface area contributed by atoms with Crippen LogP contribution in [0.3, 0.4) is 0 Å². The number of nitrogens with zero attached hydrogens (tertiary/aromatic N) is 2. The van der Waals surface area contributed by atoms with Gasteiger partial charge in [-0.2, -0.15) is 0 Å². The van der Waals surface area contributed by atoms with E-state index in [4.69, 9.17) is 0 Å². The van der Waals surface area contributed by atoms with E-state index < -0.39 is 0 Å². The number of hydrogen-bond acceptors (Lipinski definition) is 3. The van der Waals surface area contributed by atoms with E-state index >= 15 is 0 Å². The summed E-state index contributed by atoms with van der Waals surface area (Å²) in [6.07, 6.45) is 4.96. The minimum Gasteiger partial charge on any atom is -0.369 e. The Morgan fingerprint density at radius 2 is 1.65 bits per heavy atom. The van der Waals surface area contributed by atoms with Crippen molar-refractivity contribution in [2.24, 2.45) is 22.7 Å². The Kier molecular flexibility index (Phi) is 7.32. The lowest BCUT2D eigenvalue weighted by Crippen LogP contribution is -2.47. The summed E-state index contributed by atoms with van der Waals surface area (Å²) in [5, 5.41) is 2.81. The molecule has 31 heavy (non-hydrogen) atoms. The number of carbonyl (C=O) groups is 1. The number of amides is 1. The molecule has 2 aliphatic carbocycles. The number of para-hydroxylation sites is 1. The molecule has 2 saturated carbocycles. The Labute approximate surface area is 195 Å². The second kappa shape index (κ2) is 9.31. The van der Waals surface area contributed by atoms with E-state index in [1.165, 1.54) is 24.9 Å². The minimum atomic E-state index is 0. The average molecular weight is 448 g/mol. The van der Waals surface area contributed by atoms with Crippen LogP contribution in [-0.2, 0) is 4.79 Å². The van der Waals surface area contributed by atoms with Crippen LogP contribution in [0.4, 0.5) is 5.69 Å². The molecule has 4 nitrogen and oxygen atoms in total. The first kappa shape index (κ1) is 24.4. The molecule has 1 aliphatic heterocycles. The highest BCUT2D eigenvalue weighted by atomic mass is 35.5. The second-order valence-electron chi connectivity index (χ2n) is 11.7. The van der Waals surface area contributed by atoms with E-state index in [0.717, 1.165) is 39.1 Å². The first-order valence-corrected chi connectivity index (χ1v) is 12.0. The molecule has 5 heteroatoms. The number of piperazine rings is 1. The number of rotatable bonds is 5. The highest BCUT2D eigenvalue weighted by Crippen LogP contribution is 2.53. The number of benzene rings is 1. The molecule has 174 valence electrons. The van der Waals surface area contributed by atoms with Gasteiger partial charge in [0.15, 0.2) is 0 Å². The van der Waals surface area contributed by atoms with Gasteiger partial charge in [0.25, 0.3) is 0 Å². The lowest BCUT2D eigenvalue weighted by atomic mass is 9.60. The van der Waals surface area contributed by atoms with Gasteiger partial charge in [0.1, 0.15) is 0 Å². The summed E-state index contributed by atoms with van der Waals surface area (Å²) >= 11 is 0. The van der Waals surface area contributed by atoms with Gasteiger partial charge in [0.05, 0.1) is 0 Å². The largest absolute Gasteiger partial charge is 0.369 e. The fraction of sp³-hybridized carbons (Fsp3) is 0.731. The van der Waals surface area contributed by atoms with E-state index in [0.29, 0.717) is 22.7 Å². The quantitative estimate of drug-likeness (QED) is 0.694. The molecular formula is C26H42ClN3O. The summed E-state index contributed by atoms with van der Waals surface area (Å²) in [7, 11) is 1.75. The van der Waals surface area contributed by atoms with Crippen LogP contribution in [0, 0.1) is 22.7 Å². The molecule has 1 N–H and O–H groups in total. The van der Waals surface area contributed by atoms with Gasteiger partial charge in [-0.1, -0.05) is 45.9 Å². The van der Waals surface area contributed by atoms with Crippen molar-refractivity contribution in [3.63, 3.8) is 0 Å². The van der Waals surface area contributed by atoms with Gasteiger partial charge in [-0.05, 0) is 60.0 Å². The first-order chi connectivity index (χ1) is 14.2. The van der Waals surface area contributed by atoms with E-state index in [-0.39, 0.29) is 24.2 Å². The Bertz CT molecular complexity index is 754. The van der Waals surface area contributed by atoms with Gasteiger partial charge < -0.3 is 10.2 Å². The van der Waals surface area contributed by atoms with E-state index in [9.17, 15) is 4.79 Å². The predicted octanol–water partition coefficient (Wildman–Crippen LogP) is 4.93. The highest BCUT2D eigenvalue weighted by Gasteiger charge is 2.43. The molecule has 4 rings (SSSR count). The summed E-state index contributed by atoms with van der Waals surface area (Å²) < 4.78 is 0. The summed E-state index contributed by atoms with van der Waals surface area (Å²) in [6.45, 7) is 15.3. The molecular weight excluding hydrogens is 406 g/mol. The zero-order chi connectivity index (χ0) is 21.5. The van der Waals surface area contributed by atoms with Crippen molar-refractivity contribution >= 4 is 24.0 Å². The molecule has 1 amide bonds. The number of halogens is 1. The van der Waals surface area contributed by atoms with Crippen LogP contribution >= 0.6 is 12.4 Å². The Hall–Kier alpha value is -1.26. The maximum Gasteiger partial charge on any atom is 0.223 e. The molecule has 0 spiro atoms. The van der Waals surface area contributed by atoms with Crippen LogP contribution in [0.25, 0.3) is 0 Å². The van der Waals surface area contributed by atoms with Crippen LogP contribution in [-0.4, -0.2) is 50.6 Å². The smallest absolute Gasteiger partial charge is 0.223 e. The van der Waals surface area contributed by atoms with Crippen LogP contribution in [0.15, 0.2) is 24.3 Å². The van der Waals surface area contributed by atoms with Crippen molar-refractivity contribution in [3.05, 3.63) is 29.8 Å². The zero-order valence-corrected chi connectivity index (χ0v) is 20.9. The van der Waals surface area contributed by atoms with Gasteiger partial charge in [-0.25, -0.2) is 0 Å². The number of hydrogen-bond donors (Lipinski definition) is 1. The maximum absolute atomic E-state index is 11.8. The fourth-order valence-corrected chi connectivity index (χ4v) is 6.65. The molecule has 3 fully saturated rings. The van der Waals surface area contributed by atoms with Crippen molar-refractivity contribution in [1.29, 1.82) is 0 Å². The van der Waals surface area contributed by atoms with E-state index in [1.807, 2.05) is 0 Å². The summed E-state index contributed by atoms with van der Waals surface area (Å²) in [5.41, 5.74) is 3.84. The van der Waals surface area contributed by atoms with Crippen molar-refractivity contribution < 1.29 is 4.79 Å². The zero-order valence-electron chi connectivity index (χ0n) is 20.1. The predicted molar refractivity (Wildman–Crippen MR) is 132 cm³/mol. The topological polar surface area (TPSA) is 35.6 Å². The van der Waals surface area contributed by atoms with Crippen molar-refractivity contribution in [2.75, 3.05) is 44.7 Å². The fourth-order valence-electron chi connectivity index (χ4n) is 6.65. The van der Waals surface area contributed by atoms with Crippen LogP contribution in [0.2, 0.25) is 0 Å². The van der Waals surface area contributed by atoms with Crippen LogP contribution in [0.5, 0.6) is 0 Å². The lowest BCUT2D eigenvalue weighted by molar-refractivity contribution is -0.122. The third-order valence-electron chi connectivity index (χ3n) is 7.64. The average Bonchev–Trinajstić information content (AvgIpc) is 3.45. The van der Waals surface area contributed by atoms with Gasteiger partial charge in [0.2, 0.25) is 5.91 Å². The maximum atomic E-state index is 11.8. The molecule has 3 aliphatic rings. The molecule has 2 unspecified atom stereocenters. The lowest BCUT2D eigenvalue weighted by Gasteiger charge is -2.46. The summed E-state index contributed by atoms with van der Waals surface area (Å²) in [5.74, 6) is 1.70. The molecule has 0 aromatic heterocycles. The van der Waals surface area contributed by atoms with Gasteiger partial charge in [-0.3, -0.25) is 9.69 Å². The highest BCUT2D eigenvalue weighted by molar-refractivity contribution is 5.85. The number of nitrogens with one attached hydrogen (secondary N) is 1. The van der Waals surface area contributed by atoms with Crippen LogP contribution < -0.4 is 10.2 Å². The normalized spacial score (nSPS) is 28.0. The van der Waals surface area contributed by atoms with Crippen molar-refractivity contribution in [3.8, 4) is 0 Å². The molecule has 2 atom stereocenters. The molecule has 0 radical (unpaired) electrons. The van der Waals surface area contributed by atoms with Crippen molar-refractivity contribution in [2.45, 2.75) is 59.3 Å². The SMILES string of the molecule is CNC(=O)C1CC1CN1CCN(c2ccccc2C2CC(C)(C)CC(C)(C)C2)CC1.Cl. The monoisotopic (exact) mass is 447 g/mol. The second-order valence-corrected chi connectivity index (χ2v) is 11.7. The van der Waals surface area contributed by atoms with Crippen molar-refractivity contribution in [1.82, 2.24) is 10.2 Å². The number of carbonyl (C=O) groups excluding carboxylic acids is 1. The van der Waals surface area contributed by atoms with Gasteiger partial charge in [-0.15, -0.1) is 12.4 Å². The summed E-state index contributed by atoms with van der Waals surface area (Å²) in [4.78, 5) is 17.0. The third kappa shape index (κ3) is 5.76. The summed E-state index contributed by atoms with van der Waals surface area (Å²) in [6, 6.07) is 9.18. The molecule has 1 saturated heterocycles. The van der Waals surface area contributed by atoms with E-state index in [2.05, 4.69) is 67.1 Å². The molecule has 1 heterocycles. The Morgan fingerprint density at radius 1 is 1.03 bits per heavy atom. The molecule has 0 bridgehead atoms. The minimum absolute atomic E-state index is 0. The third-order valence-corrected chi connectivity index (χ3v) is 7.64. The first-order valence-electron chi connectivity index (χ1n) is 12.0.